The average molecular weight is 412 g/mol. The van der Waals surface area contributed by atoms with E-state index in [0.717, 1.165) is 23.8 Å². The lowest BCUT2D eigenvalue weighted by Gasteiger charge is -2.32. The van der Waals surface area contributed by atoms with Gasteiger partial charge in [0.25, 0.3) is 0 Å². The Morgan fingerprint density at radius 3 is 2.37 bits per heavy atom. The van der Waals surface area contributed by atoms with Crippen LogP contribution < -0.4 is 5.46 Å². The fourth-order valence-electron chi connectivity index (χ4n) is 4.06. The standard InChI is InChI=1S/C23H33BN2O4/c1-21(2,3)28-20(27)26-12-10-16-17-14-15(8-9-18(17)25-19(16)11-13-26)24-29-22(4,5)23(6,7)30-24/h8-9,14,25H,10-13H2,1-7H3. The number of fused-ring (bicyclic) bond motifs is 3. The summed E-state index contributed by atoms with van der Waals surface area (Å²) in [7, 11) is -0.381. The van der Waals surface area contributed by atoms with Crippen molar-refractivity contribution in [3.05, 3.63) is 29.5 Å². The number of benzene rings is 1. The topological polar surface area (TPSA) is 63.8 Å². The van der Waals surface area contributed by atoms with Gasteiger partial charge in [0.05, 0.1) is 11.2 Å². The summed E-state index contributed by atoms with van der Waals surface area (Å²) in [4.78, 5) is 17.9. The highest BCUT2D eigenvalue weighted by Gasteiger charge is 2.51. The van der Waals surface area contributed by atoms with Crippen molar-refractivity contribution in [2.75, 3.05) is 13.1 Å². The normalized spacial score (nSPS) is 20.9. The minimum Gasteiger partial charge on any atom is -0.444 e. The number of H-pyrrole nitrogens is 1. The third kappa shape index (κ3) is 3.85. The van der Waals surface area contributed by atoms with Gasteiger partial charge in [0.15, 0.2) is 0 Å². The average Bonchev–Trinajstić information content (AvgIpc) is 2.95. The van der Waals surface area contributed by atoms with Gasteiger partial charge in [-0.15, -0.1) is 0 Å². The first kappa shape index (κ1) is 21.3. The molecule has 1 amide bonds. The number of ether oxygens (including phenoxy) is 1. The molecular weight excluding hydrogens is 379 g/mol. The lowest BCUT2D eigenvalue weighted by atomic mass is 9.78. The molecule has 0 saturated carbocycles. The van der Waals surface area contributed by atoms with Crippen molar-refractivity contribution < 1.29 is 18.8 Å². The number of aromatic amines is 1. The molecule has 6 nitrogen and oxygen atoms in total. The highest BCUT2D eigenvalue weighted by atomic mass is 16.7. The predicted molar refractivity (Wildman–Crippen MR) is 119 cm³/mol. The second-order valence-corrected chi connectivity index (χ2v) is 10.4. The van der Waals surface area contributed by atoms with Crippen molar-refractivity contribution in [3.63, 3.8) is 0 Å². The van der Waals surface area contributed by atoms with Crippen LogP contribution in [0, 0.1) is 0 Å². The van der Waals surface area contributed by atoms with Gasteiger partial charge in [0.2, 0.25) is 0 Å². The molecule has 1 aromatic carbocycles. The molecule has 3 heterocycles. The van der Waals surface area contributed by atoms with Gasteiger partial charge in [-0.25, -0.2) is 4.79 Å². The number of nitrogens with zero attached hydrogens (tertiary/aromatic N) is 1. The summed E-state index contributed by atoms with van der Waals surface area (Å²) in [6.07, 6.45) is 1.34. The molecule has 1 N–H and O–H groups in total. The van der Waals surface area contributed by atoms with Gasteiger partial charge >= 0.3 is 13.2 Å². The third-order valence-corrected chi connectivity index (χ3v) is 6.46. The smallest absolute Gasteiger partial charge is 0.444 e. The van der Waals surface area contributed by atoms with Crippen molar-refractivity contribution in [1.82, 2.24) is 9.88 Å². The summed E-state index contributed by atoms with van der Waals surface area (Å²) in [6, 6.07) is 6.36. The predicted octanol–water partition coefficient (Wildman–Crippen LogP) is 3.80. The Kier molecular flexibility index (Phi) is 4.98. The first-order valence-corrected chi connectivity index (χ1v) is 10.8. The second kappa shape index (κ2) is 7.03. The van der Waals surface area contributed by atoms with E-state index in [1.165, 1.54) is 16.6 Å². The quantitative estimate of drug-likeness (QED) is 0.724. The molecule has 2 aromatic rings. The maximum Gasteiger partial charge on any atom is 0.494 e. The van der Waals surface area contributed by atoms with E-state index in [2.05, 4.69) is 50.9 Å². The van der Waals surface area contributed by atoms with Crippen LogP contribution in [0.4, 0.5) is 4.79 Å². The van der Waals surface area contributed by atoms with Crippen molar-refractivity contribution in [2.24, 2.45) is 0 Å². The van der Waals surface area contributed by atoms with Crippen LogP contribution in [0.25, 0.3) is 10.9 Å². The largest absolute Gasteiger partial charge is 0.494 e. The summed E-state index contributed by atoms with van der Waals surface area (Å²) >= 11 is 0. The summed E-state index contributed by atoms with van der Waals surface area (Å²) in [5.41, 5.74) is 3.39. The Balaban J connectivity index is 1.58. The van der Waals surface area contributed by atoms with Crippen LogP contribution in [0.1, 0.15) is 59.7 Å². The summed E-state index contributed by atoms with van der Waals surface area (Å²) in [6.45, 7) is 15.3. The number of carbonyl (C=O) groups is 1. The van der Waals surface area contributed by atoms with E-state index < -0.39 is 5.60 Å². The third-order valence-electron chi connectivity index (χ3n) is 6.46. The van der Waals surface area contributed by atoms with Gasteiger partial charge in [0.1, 0.15) is 5.60 Å². The Morgan fingerprint density at radius 2 is 1.73 bits per heavy atom. The van der Waals surface area contributed by atoms with E-state index in [9.17, 15) is 4.79 Å². The molecule has 0 radical (unpaired) electrons. The second-order valence-electron chi connectivity index (χ2n) is 10.4. The molecular formula is C23H33BN2O4. The number of nitrogens with one attached hydrogen (secondary N) is 1. The van der Waals surface area contributed by atoms with E-state index in [1.807, 2.05) is 25.7 Å². The minimum atomic E-state index is -0.484. The highest BCUT2D eigenvalue weighted by molar-refractivity contribution is 6.62. The molecule has 30 heavy (non-hydrogen) atoms. The van der Waals surface area contributed by atoms with Crippen molar-refractivity contribution in [2.45, 2.75) is 78.1 Å². The molecule has 2 aliphatic rings. The number of amides is 1. The molecule has 1 fully saturated rings. The van der Waals surface area contributed by atoms with Gasteiger partial charge < -0.3 is 23.9 Å². The van der Waals surface area contributed by atoms with Crippen LogP contribution in [0.2, 0.25) is 0 Å². The molecule has 2 aliphatic heterocycles. The van der Waals surface area contributed by atoms with Gasteiger partial charge in [-0.2, -0.15) is 0 Å². The van der Waals surface area contributed by atoms with E-state index in [1.54, 1.807) is 0 Å². The highest BCUT2D eigenvalue weighted by Crippen LogP contribution is 2.37. The molecule has 1 saturated heterocycles. The Labute approximate surface area is 179 Å². The number of hydrogen-bond acceptors (Lipinski definition) is 4. The molecule has 162 valence electrons. The Hall–Kier alpha value is -1.99. The van der Waals surface area contributed by atoms with Crippen molar-refractivity contribution in [1.29, 1.82) is 0 Å². The number of rotatable bonds is 1. The molecule has 0 spiro atoms. The first-order valence-electron chi connectivity index (χ1n) is 10.8. The van der Waals surface area contributed by atoms with Gasteiger partial charge in [-0.1, -0.05) is 12.1 Å². The first-order chi connectivity index (χ1) is 13.9. The number of hydrogen-bond donors (Lipinski definition) is 1. The van der Waals surface area contributed by atoms with E-state index in [4.69, 9.17) is 14.0 Å². The molecule has 0 bridgehead atoms. The van der Waals surface area contributed by atoms with Crippen LogP contribution in [-0.4, -0.2) is 53.0 Å². The SMILES string of the molecule is CC(C)(C)OC(=O)N1CCc2[nH]c3ccc(B4OC(C)(C)C(C)(C)O4)cc3c2CC1. The molecule has 0 unspecified atom stereocenters. The monoisotopic (exact) mass is 412 g/mol. The summed E-state index contributed by atoms with van der Waals surface area (Å²) in [5, 5.41) is 1.18. The van der Waals surface area contributed by atoms with Crippen LogP contribution in [0.15, 0.2) is 18.2 Å². The fraction of sp³-hybridized carbons (Fsp3) is 0.609. The van der Waals surface area contributed by atoms with Crippen LogP contribution in [-0.2, 0) is 26.9 Å². The van der Waals surface area contributed by atoms with Crippen LogP contribution in [0.3, 0.4) is 0 Å². The van der Waals surface area contributed by atoms with Crippen LogP contribution >= 0.6 is 0 Å². The van der Waals surface area contributed by atoms with Gasteiger partial charge in [0, 0.05) is 36.1 Å². The Bertz CT molecular complexity index is 957. The number of aromatic nitrogens is 1. The molecule has 7 heteroatoms. The lowest BCUT2D eigenvalue weighted by Crippen LogP contribution is -2.41. The maximum atomic E-state index is 12.5. The van der Waals surface area contributed by atoms with Crippen molar-refractivity contribution >= 4 is 29.6 Å². The van der Waals surface area contributed by atoms with E-state index in [0.29, 0.717) is 13.1 Å². The minimum absolute atomic E-state index is 0.241. The summed E-state index contributed by atoms with van der Waals surface area (Å²) < 4.78 is 18.0. The number of carbonyl (C=O) groups excluding carboxylic acids is 1. The van der Waals surface area contributed by atoms with Gasteiger partial charge in [-0.3, -0.25) is 0 Å². The molecule has 0 atom stereocenters. The van der Waals surface area contributed by atoms with E-state index in [-0.39, 0.29) is 24.4 Å². The molecule has 4 rings (SSSR count). The lowest BCUT2D eigenvalue weighted by molar-refractivity contribution is 0.00578. The van der Waals surface area contributed by atoms with Crippen molar-refractivity contribution in [3.8, 4) is 0 Å². The molecule has 0 aliphatic carbocycles. The maximum absolute atomic E-state index is 12.5. The molecule has 1 aromatic heterocycles. The van der Waals surface area contributed by atoms with E-state index >= 15 is 0 Å². The fourth-order valence-corrected chi connectivity index (χ4v) is 4.06. The van der Waals surface area contributed by atoms with Gasteiger partial charge in [-0.05, 0) is 72.0 Å². The Morgan fingerprint density at radius 1 is 1.10 bits per heavy atom. The zero-order chi connectivity index (χ0) is 21.9. The zero-order valence-corrected chi connectivity index (χ0v) is 19.2. The zero-order valence-electron chi connectivity index (χ0n) is 19.2. The van der Waals surface area contributed by atoms with Crippen LogP contribution in [0.5, 0.6) is 0 Å². The summed E-state index contributed by atoms with van der Waals surface area (Å²) in [5.74, 6) is 0.